The number of nitrogens with one attached hydrogen (secondary N) is 5. The minimum Gasteiger partial charge on any atom is -0.495 e. The van der Waals surface area contributed by atoms with Gasteiger partial charge in [0.2, 0.25) is 5.91 Å². The van der Waals surface area contributed by atoms with Gasteiger partial charge in [-0.3, -0.25) is 28.9 Å². The van der Waals surface area contributed by atoms with Crippen LogP contribution in [0.25, 0.3) is 32.7 Å². The molecule has 1 aliphatic rings. The second kappa shape index (κ2) is 27.3. The Morgan fingerprint density at radius 2 is 1.53 bits per heavy atom. The van der Waals surface area contributed by atoms with Gasteiger partial charge in [-0.1, -0.05) is 37.3 Å². The smallest absolute Gasteiger partial charge is 0.469 e. The molecular weight excluding hydrogens is 1090 g/mol. The van der Waals surface area contributed by atoms with E-state index in [1.165, 1.54) is 41.2 Å². The summed E-state index contributed by atoms with van der Waals surface area (Å²) in [5.74, 6) is 2.67. The third kappa shape index (κ3) is 15.4. The number of para-hydroxylation sites is 2. The summed E-state index contributed by atoms with van der Waals surface area (Å²) in [5, 5.41) is 17.5. The Balaban J connectivity index is 0.000000200. The first-order valence-electron chi connectivity index (χ1n) is 26.8. The van der Waals surface area contributed by atoms with Crippen molar-refractivity contribution in [2.45, 2.75) is 39.2 Å². The maximum atomic E-state index is 13.3. The van der Waals surface area contributed by atoms with Gasteiger partial charge in [-0.2, -0.15) is 5.10 Å². The first kappa shape index (κ1) is 58.9. The number of H-pyrrole nitrogens is 2. The molecule has 2 amide bonds. The lowest BCUT2D eigenvalue weighted by atomic mass is 9.98. The summed E-state index contributed by atoms with van der Waals surface area (Å²) < 4.78 is 50.9. The van der Waals surface area contributed by atoms with Crippen LogP contribution in [0.4, 0.5) is 27.4 Å². The lowest BCUT2D eigenvalue weighted by Crippen LogP contribution is -2.32. The number of phosphoric acid groups is 1. The molecule has 0 unspecified atom stereocenters. The molecule has 3 aromatic heterocycles. The Labute approximate surface area is 477 Å². The van der Waals surface area contributed by atoms with Crippen molar-refractivity contribution in [2.24, 2.45) is 0 Å². The van der Waals surface area contributed by atoms with Crippen LogP contribution in [0.1, 0.15) is 46.1 Å². The second-order valence-corrected chi connectivity index (χ2v) is 20.7. The highest BCUT2D eigenvalue weighted by atomic mass is 31.2. The van der Waals surface area contributed by atoms with E-state index in [0.717, 1.165) is 49.4 Å². The molecule has 7 N–H and O–H groups in total. The van der Waals surface area contributed by atoms with E-state index in [-0.39, 0.29) is 30.3 Å². The highest BCUT2D eigenvalue weighted by molar-refractivity contribution is 7.46. The van der Waals surface area contributed by atoms with Crippen molar-refractivity contribution in [1.82, 2.24) is 34.9 Å². The zero-order valence-corrected chi connectivity index (χ0v) is 47.1. The molecule has 6 aromatic carbocycles. The van der Waals surface area contributed by atoms with E-state index >= 15 is 0 Å². The second-order valence-electron chi connectivity index (χ2n) is 19.5. The largest absolute Gasteiger partial charge is 0.495 e. The van der Waals surface area contributed by atoms with Crippen LogP contribution in [0.15, 0.2) is 132 Å². The normalized spacial score (nSPS) is 12.4. The van der Waals surface area contributed by atoms with Gasteiger partial charge >= 0.3 is 7.82 Å². The van der Waals surface area contributed by atoms with Crippen molar-refractivity contribution >= 4 is 75.4 Å². The molecule has 1 aliphatic heterocycles. The number of hydrogen-bond donors (Lipinski definition) is 7. The fourth-order valence-electron chi connectivity index (χ4n) is 9.73. The Kier molecular flexibility index (Phi) is 19.4. The first-order chi connectivity index (χ1) is 40.2. The molecule has 23 heteroatoms. The molecule has 0 bridgehead atoms. The van der Waals surface area contributed by atoms with Gasteiger partial charge in [0.05, 0.1) is 63.1 Å². The Morgan fingerprint density at radius 3 is 2.28 bits per heavy atom. The number of pyridine rings is 1. The van der Waals surface area contributed by atoms with E-state index in [1.54, 1.807) is 75.9 Å². The van der Waals surface area contributed by atoms with E-state index in [9.17, 15) is 23.3 Å². The predicted octanol–water partition coefficient (Wildman–Crippen LogP) is 9.18. The molecule has 0 atom stereocenters. The van der Waals surface area contributed by atoms with Gasteiger partial charge < -0.3 is 54.6 Å². The zero-order chi connectivity index (χ0) is 58.5. The number of halogens is 1. The molecule has 10 rings (SSSR count). The number of nitrogens with zero attached hydrogens (tertiary/aromatic N) is 5. The van der Waals surface area contributed by atoms with Gasteiger partial charge in [-0.05, 0) is 121 Å². The molecule has 9 aromatic rings. The highest BCUT2D eigenvalue weighted by Crippen LogP contribution is 2.36. The lowest BCUT2D eigenvalue weighted by molar-refractivity contribution is -0.115. The van der Waals surface area contributed by atoms with Crippen molar-refractivity contribution in [1.29, 1.82) is 0 Å². The first-order valence-corrected chi connectivity index (χ1v) is 28.3. The van der Waals surface area contributed by atoms with E-state index in [0.29, 0.717) is 106 Å². The van der Waals surface area contributed by atoms with Crippen molar-refractivity contribution in [3.8, 4) is 23.0 Å². The van der Waals surface area contributed by atoms with Gasteiger partial charge in [0.1, 0.15) is 29.5 Å². The van der Waals surface area contributed by atoms with Gasteiger partial charge in [-0.25, -0.2) is 18.9 Å². The number of methoxy groups -OCH3 is 3. The maximum Gasteiger partial charge on any atom is 0.469 e. The highest BCUT2D eigenvalue weighted by Gasteiger charge is 2.21. The molecule has 0 aliphatic carbocycles. The minimum absolute atomic E-state index is 0.0214. The monoisotopic (exact) mass is 1150 g/mol. The van der Waals surface area contributed by atoms with Crippen molar-refractivity contribution in [2.75, 3.05) is 83.2 Å². The van der Waals surface area contributed by atoms with Crippen LogP contribution in [-0.4, -0.2) is 124 Å². The molecule has 4 heterocycles. The summed E-state index contributed by atoms with van der Waals surface area (Å²) in [7, 11) is 0.429. The number of likely N-dealkylation sites (N-methyl/N-ethyl adjacent to an activating group) is 1. The molecule has 432 valence electrons. The number of aromatic amines is 2. The molecule has 0 saturated heterocycles. The van der Waals surface area contributed by atoms with Crippen molar-refractivity contribution in [3.63, 3.8) is 0 Å². The zero-order valence-electron chi connectivity index (χ0n) is 46.2. The van der Waals surface area contributed by atoms with E-state index in [4.69, 9.17) is 28.7 Å². The van der Waals surface area contributed by atoms with E-state index in [2.05, 4.69) is 62.7 Å². The number of phosphoric ester groups is 1. The molecule has 0 fully saturated rings. The number of benzene rings is 6. The van der Waals surface area contributed by atoms with E-state index in [1.807, 2.05) is 48.2 Å². The Hall–Kier alpha value is -8.76. The Bertz CT molecular complexity index is 3860. The fraction of sp³-hybridized carbons (Fsp3) is 0.267. The summed E-state index contributed by atoms with van der Waals surface area (Å²) in [5.41, 5.74) is 7.36. The quantitative estimate of drug-likeness (QED) is 0.0179. The Morgan fingerprint density at radius 1 is 0.783 bits per heavy atom. The summed E-state index contributed by atoms with van der Waals surface area (Å²) >= 11 is 0. The summed E-state index contributed by atoms with van der Waals surface area (Å²) in [4.78, 5) is 72.8. The van der Waals surface area contributed by atoms with Crippen LogP contribution in [0, 0.1) is 5.82 Å². The number of carbonyl (C=O) groups is 2. The molecule has 0 radical (unpaired) electrons. The standard InChI is InChI=1S/C34H33N3O5.C26H31FN7O6P/c1-40-28-9-5-7-26-32(28)36-31-25(33(26)38)6-4-8-27(31)34(39)35-24-12-10-21(11-13-24)14-16-37-17-15-22-18-29(41-2)30(42-3)19-23(22)20-37;1-2-34(10-12-40-41(36,37)38)9-4-11-39-21-7-8-22-23(16-21)28-17-29-26(22)31-24-14-20(32-33-24)15-25(35)30-19-6-3-5-18(27)13-19/h4-13,18-19H,14-17,20H2,1-3H3,(H,35,39)(H,36,38);3,5-8,13-14,16-17H,2,4,9-12,15H2,1H3,(H,30,35)(H2,36,37,38)(H2,28,29,31,32,33). The van der Waals surface area contributed by atoms with Gasteiger partial charge in [0.15, 0.2) is 22.7 Å². The van der Waals surface area contributed by atoms with Crippen LogP contribution < -0.4 is 40.3 Å². The fourth-order valence-corrected chi connectivity index (χ4v) is 10.1. The third-order valence-corrected chi connectivity index (χ3v) is 14.5. The van der Waals surface area contributed by atoms with E-state index < -0.39 is 13.6 Å². The average Bonchev–Trinajstić information content (AvgIpc) is 3.98. The number of hydrogen-bond acceptors (Lipinski definition) is 15. The van der Waals surface area contributed by atoms with Crippen LogP contribution in [0.5, 0.6) is 23.0 Å². The molecule has 21 nitrogen and oxygen atoms in total. The van der Waals surface area contributed by atoms with Crippen LogP contribution in [-0.2, 0) is 39.7 Å². The summed E-state index contributed by atoms with van der Waals surface area (Å²) in [6.45, 7) is 6.96. The average molecular weight is 1150 g/mol. The topological polar surface area (TPSA) is 268 Å². The predicted molar refractivity (Wildman–Crippen MR) is 316 cm³/mol. The molecular formula is C60H64FN10O11P. The van der Waals surface area contributed by atoms with Gasteiger partial charge in [-0.15, -0.1) is 0 Å². The summed E-state index contributed by atoms with van der Waals surface area (Å²) in [6, 6.07) is 35.4. The van der Waals surface area contributed by atoms with Gasteiger partial charge in [0.25, 0.3) is 5.91 Å². The number of aromatic nitrogens is 5. The third-order valence-electron chi connectivity index (χ3n) is 14.0. The van der Waals surface area contributed by atoms with Crippen molar-refractivity contribution in [3.05, 3.63) is 172 Å². The maximum absolute atomic E-state index is 13.3. The summed E-state index contributed by atoms with van der Waals surface area (Å²) in [6.07, 6.45) is 4.03. The number of amides is 2. The van der Waals surface area contributed by atoms with Crippen molar-refractivity contribution < 1.29 is 51.8 Å². The number of carbonyl (C=O) groups excluding carboxylic acids is 2. The van der Waals surface area contributed by atoms with Crippen LogP contribution in [0.2, 0.25) is 0 Å². The van der Waals surface area contributed by atoms with Gasteiger partial charge in [0, 0.05) is 78.1 Å². The lowest BCUT2D eigenvalue weighted by Gasteiger charge is -2.29. The molecule has 83 heavy (non-hydrogen) atoms. The molecule has 0 saturated carbocycles. The van der Waals surface area contributed by atoms with Crippen LogP contribution >= 0.6 is 7.82 Å². The number of rotatable bonds is 23. The minimum atomic E-state index is -4.46. The molecule has 0 spiro atoms. The van der Waals surface area contributed by atoms with Crippen LogP contribution in [0.3, 0.4) is 0 Å². The number of anilines is 4. The number of ether oxygens (including phenoxy) is 4. The number of fused-ring (bicyclic) bond motifs is 4. The SMILES string of the molecule is CCN(CCCOc1ccc2c(Nc3cc(CC(=O)Nc4cccc(F)c4)[nH]n3)ncnc2c1)CCOP(=O)(O)O.COc1cc2c(cc1OC)CN(CCc1ccc(NC(=O)c3cccc4c(=O)c5cccc(OC)c5[nH]c34)cc1)CC2.